The van der Waals surface area contributed by atoms with Crippen LogP contribution in [0.2, 0.25) is 0 Å². The van der Waals surface area contributed by atoms with Crippen LogP contribution >= 0.6 is 0 Å². The van der Waals surface area contributed by atoms with E-state index < -0.39 is 23.9 Å². The van der Waals surface area contributed by atoms with Crippen LogP contribution in [0.4, 0.5) is 4.79 Å². The van der Waals surface area contributed by atoms with Crippen LogP contribution in [0, 0.1) is 0 Å². The third kappa shape index (κ3) is 3.49. The van der Waals surface area contributed by atoms with E-state index in [1.165, 1.54) is 6.26 Å². The fraction of sp³-hybridized carbons (Fsp3) is 0.148. The van der Waals surface area contributed by atoms with Gasteiger partial charge in [0.1, 0.15) is 11.3 Å². The fourth-order valence-corrected chi connectivity index (χ4v) is 4.30. The number of furan rings is 1. The molecule has 0 unspecified atom stereocenters. The van der Waals surface area contributed by atoms with Crippen LogP contribution in [0.1, 0.15) is 25.2 Å². The lowest BCUT2D eigenvalue weighted by atomic mass is 9.94. The molecular formula is C27H22N2O4. The summed E-state index contributed by atoms with van der Waals surface area (Å²) in [6, 6.07) is 20.1. The number of benzene rings is 3. The van der Waals surface area contributed by atoms with Gasteiger partial charge in [-0.2, -0.15) is 0 Å². The Kier molecular flexibility index (Phi) is 5.05. The van der Waals surface area contributed by atoms with Crippen molar-refractivity contribution in [2.75, 3.05) is 0 Å². The number of hydrogen-bond donors (Lipinski definition) is 0. The third-order valence-corrected chi connectivity index (χ3v) is 5.87. The topological polar surface area (TPSA) is 70.8 Å². The summed E-state index contributed by atoms with van der Waals surface area (Å²) >= 11 is 0. The molecule has 6 heteroatoms. The standard InChI is InChI=1S/C27H22N2O4/c1-17(2)29-26(31)24(25(30)28(27(29)32)16-20-10-7-13-33-20)15-23-21-11-5-3-8-18(21)14-19-9-4-6-12-22(19)23/h3-15,17H,16H2,1-2H3. The molecule has 1 saturated heterocycles. The van der Waals surface area contributed by atoms with E-state index in [1.54, 1.807) is 32.1 Å². The lowest BCUT2D eigenvalue weighted by Crippen LogP contribution is -2.58. The molecule has 0 bridgehead atoms. The van der Waals surface area contributed by atoms with E-state index in [-0.39, 0.29) is 12.1 Å². The number of barbiturate groups is 1. The maximum atomic E-state index is 13.5. The highest BCUT2D eigenvalue weighted by molar-refractivity contribution is 6.31. The van der Waals surface area contributed by atoms with Crippen LogP contribution in [-0.4, -0.2) is 33.7 Å². The smallest absolute Gasteiger partial charge is 0.334 e. The first-order valence-corrected chi connectivity index (χ1v) is 10.8. The first kappa shape index (κ1) is 20.7. The molecule has 0 saturated carbocycles. The van der Waals surface area contributed by atoms with Crippen molar-refractivity contribution in [1.82, 2.24) is 9.80 Å². The highest BCUT2D eigenvalue weighted by Gasteiger charge is 2.43. The molecule has 33 heavy (non-hydrogen) atoms. The van der Waals surface area contributed by atoms with Crippen molar-refractivity contribution in [3.05, 3.63) is 89.9 Å². The first-order valence-electron chi connectivity index (χ1n) is 10.8. The number of nitrogens with zero attached hydrogens (tertiary/aromatic N) is 2. The van der Waals surface area contributed by atoms with Gasteiger partial charge in [0, 0.05) is 6.04 Å². The molecule has 0 spiro atoms. The molecule has 4 aromatic rings. The van der Waals surface area contributed by atoms with E-state index in [0.29, 0.717) is 5.76 Å². The molecule has 0 aliphatic carbocycles. The van der Waals surface area contributed by atoms with Crippen molar-refractivity contribution in [3.63, 3.8) is 0 Å². The molecule has 1 aliphatic heterocycles. The monoisotopic (exact) mass is 438 g/mol. The second kappa shape index (κ2) is 8.06. The van der Waals surface area contributed by atoms with E-state index in [4.69, 9.17) is 4.42 Å². The Balaban J connectivity index is 1.72. The zero-order valence-electron chi connectivity index (χ0n) is 18.3. The Morgan fingerprint density at radius 2 is 1.48 bits per heavy atom. The number of fused-ring (bicyclic) bond motifs is 2. The Morgan fingerprint density at radius 1 is 0.848 bits per heavy atom. The zero-order valence-corrected chi connectivity index (χ0v) is 18.3. The van der Waals surface area contributed by atoms with Gasteiger partial charge in [-0.3, -0.25) is 19.4 Å². The molecule has 0 atom stereocenters. The average Bonchev–Trinajstić information content (AvgIpc) is 3.32. The van der Waals surface area contributed by atoms with Gasteiger partial charge in [0.15, 0.2) is 0 Å². The normalized spacial score (nSPS) is 16.1. The SMILES string of the molecule is CC(C)N1C(=O)C(=Cc2c3ccccc3cc3ccccc23)C(=O)N(Cc2ccco2)C1=O. The minimum absolute atomic E-state index is 0.0450. The quantitative estimate of drug-likeness (QED) is 0.244. The second-order valence-corrected chi connectivity index (χ2v) is 8.31. The first-order chi connectivity index (χ1) is 16.0. The number of hydrogen-bond acceptors (Lipinski definition) is 4. The van der Waals surface area contributed by atoms with Gasteiger partial charge >= 0.3 is 6.03 Å². The van der Waals surface area contributed by atoms with Crippen LogP contribution in [0.5, 0.6) is 0 Å². The van der Waals surface area contributed by atoms with E-state index >= 15 is 0 Å². The predicted octanol–water partition coefficient (Wildman–Crippen LogP) is 5.37. The summed E-state index contributed by atoms with van der Waals surface area (Å²) in [6.45, 7) is 3.46. The largest absolute Gasteiger partial charge is 0.467 e. The maximum Gasteiger partial charge on any atom is 0.334 e. The van der Waals surface area contributed by atoms with E-state index in [9.17, 15) is 14.4 Å². The third-order valence-electron chi connectivity index (χ3n) is 5.87. The van der Waals surface area contributed by atoms with Crippen LogP contribution < -0.4 is 0 Å². The van der Waals surface area contributed by atoms with Crippen LogP contribution in [0.25, 0.3) is 27.6 Å². The van der Waals surface area contributed by atoms with Crippen molar-refractivity contribution in [1.29, 1.82) is 0 Å². The molecule has 164 valence electrons. The second-order valence-electron chi connectivity index (χ2n) is 8.31. The van der Waals surface area contributed by atoms with Gasteiger partial charge in [0.05, 0.1) is 12.8 Å². The summed E-state index contributed by atoms with van der Waals surface area (Å²) in [4.78, 5) is 42.1. The Bertz CT molecular complexity index is 1380. The van der Waals surface area contributed by atoms with Crippen molar-refractivity contribution in [3.8, 4) is 0 Å². The van der Waals surface area contributed by atoms with E-state index in [2.05, 4.69) is 6.07 Å². The minimum Gasteiger partial charge on any atom is -0.467 e. The Labute approximate surface area is 190 Å². The Morgan fingerprint density at radius 3 is 2.06 bits per heavy atom. The van der Waals surface area contributed by atoms with E-state index in [0.717, 1.165) is 36.9 Å². The molecule has 1 aliphatic rings. The van der Waals surface area contributed by atoms with Crippen molar-refractivity contribution >= 4 is 45.5 Å². The molecule has 6 nitrogen and oxygen atoms in total. The number of urea groups is 1. The lowest BCUT2D eigenvalue weighted by Gasteiger charge is -2.35. The molecule has 1 aromatic heterocycles. The van der Waals surface area contributed by atoms with Crippen molar-refractivity contribution in [2.24, 2.45) is 0 Å². The van der Waals surface area contributed by atoms with Gasteiger partial charge in [-0.1, -0.05) is 48.5 Å². The number of rotatable bonds is 4. The van der Waals surface area contributed by atoms with Crippen LogP contribution in [0.15, 0.2) is 83.0 Å². The van der Waals surface area contributed by atoms with E-state index in [1.807, 2.05) is 48.5 Å². The molecule has 4 amide bonds. The fourth-order valence-electron chi connectivity index (χ4n) is 4.30. The number of carbonyl (C=O) groups is 3. The molecule has 2 heterocycles. The summed E-state index contributed by atoms with van der Waals surface area (Å²) < 4.78 is 5.36. The summed E-state index contributed by atoms with van der Waals surface area (Å²) in [5.74, 6) is -0.757. The van der Waals surface area contributed by atoms with Gasteiger partial charge in [0.2, 0.25) is 0 Å². The summed E-state index contributed by atoms with van der Waals surface area (Å²) in [6.07, 6.45) is 3.12. The highest BCUT2D eigenvalue weighted by atomic mass is 16.3. The van der Waals surface area contributed by atoms with Gasteiger partial charge in [-0.05, 0) is 65.2 Å². The minimum atomic E-state index is -0.642. The number of imide groups is 2. The van der Waals surface area contributed by atoms with Crippen molar-refractivity contribution in [2.45, 2.75) is 26.4 Å². The average molecular weight is 438 g/mol. The summed E-state index contributed by atoms with van der Waals surface area (Å²) in [5, 5.41) is 3.86. The van der Waals surface area contributed by atoms with Gasteiger partial charge in [-0.15, -0.1) is 0 Å². The molecule has 3 aromatic carbocycles. The molecule has 1 fully saturated rings. The molecule has 0 N–H and O–H groups in total. The number of amides is 4. The van der Waals surface area contributed by atoms with Crippen LogP contribution in [-0.2, 0) is 16.1 Å². The summed E-state index contributed by atoms with van der Waals surface area (Å²) in [5.41, 5.74) is 0.729. The lowest BCUT2D eigenvalue weighted by molar-refractivity contribution is -0.137. The zero-order chi connectivity index (χ0) is 23.1. The van der Waals surface area contributed by atoms with Gasteiger partial charge in [-0.25, -0.2) is 4.79 Å². The van der Waals surface area contributed by atoms with Crippen molar-refractivity contribution < 1.29 is 18.8 Å². The van der Waals surface area contributed by atoms with Gasteiger partial charge in [0.25, 0.3) is 11.8 Å². The predicted molar refractivity (Wildman–Crippen MR) is 126 cm³/mol. The molecule has 5 rings (SSSR count). The van der Waals surface area contributed by atoms with Gasteiger partial charge < -0.3 is 4.42 Å². The summed E-state index contributed by atoms with van der Waals surface area (Å²) in [7, 11) is 0. The molecule has 0 radical (unpaired) electrons. The number of carbonyl (C=O) groups excluding carboxylic acids is 3. The Hall–Kier alpha value is -4.19. The van der Waals surface area contributed by atoms with Crippen LogP contribution in [0.3, 0.4) is 0 Å². The molecular weight excluding hydrogens is 416 g/mol. The highest BCUT2D eigenvalue weighted by Crippen LogP contribution is 2.32. The maximum absolute atomic E-state index is 13.5.